The maximum Gasteiger partial charge on any atom is 0.526 e. The predicted octanol–water partition coefficient (Wildman–Crippen LogP) is 1.66. The molecular formula is C19H26BNO5. The first-order valence-corrected chi connectivity index (χ1v) is 9.24. The zero-order chi connectivity index (χ0) is 18.9. The summed E-state index contributed by atoms with van der Waals surface area (Å²) in [6.45, 7) is 1.46. The molecule has 0 spiro atoms. The first kappa shape index (κ1) is 19.1. The third-order valence-corrected chi connectivity index (χ3v) is 5.58. The van der Waals surface area contributed by atoms with Gasteiger partial charge in [0.1, 0.15) is 11.5 Å². The Hall–Kier alpha value is -1.70. The topological polar surface area (TPSA) is 110 Å². The first-order valence-electron chi connectivity index (χ1n) is 9.24. The third-order valence-electron chi connectivity index (χ3n) is 5.58. The molecule has 0 unspecified atom stereocenters. The minimum absolute atomic E-state index is 0.0817. The van der Waals surface area contributed by atoms with Crippen molar-refractivity contribution in [2.75, 3.05) is 0 Å². The summed E-state index contributed by atoms with van der Waals surface area (Å²) in [6, 6.07) is 5.40. The minimum Gasteiger partial charge on any atom is -0.535 e. The number of carbonyl (C=O) groups excluding carboxylic acids is 2. The molecule has 0 saturated heterocycles. The Kier molecular flexibility index (Phi) is 5.51. The van der Waals surface area contributed by atoms with Crippen LogP contribution in [0.15, 0.2) is 18.2 Å². The van der Waals surface area contributed by atoms with Crippen molar-refractivity contribution in [1.82, 2.24) is 0 Å². The van der Waals surface area contributed by atoms with E-state index in [0.29, 0.717) is 30.6 Å². The number of benzene rings is 1. The van der Waals surface area contributed by atoms with Gasteiger partial charge in [0.15, 0.2) is 5.78 Å². The van der Waals surface area contributed by atoms with Crippen LogP contribution in [0.3, 0.4) is 0 Å². The van der Waals surface area contributed by atoms with Gasteiger partial charge in [-0.3, -0.25) is 9.59 Å². The van der Waals surface area contributed by atoms with Crippen LogP contribution in [-0.4, -0.2) is 40.5 Å². The van der Waals surface area contributed by atoms with Gasteiger partial charge in [0.05, 0.1) is 11.2 Å². The van der Waals surface area contributed by atoms with Crippen molar-refractivity contribution in [3.63, 3.8) is 0 Å². The summed E-state index contributed by atoms with van der Waals surface area (Å²) in [6.07, 6.45) is 3.21. The second-order valence-corrected chi connectivity index (χ2v) is 7.80. The maximum atomic E-state index is 12.5. The molecule has 26 heavy (non-hydrogen) atoms. The van der Waals surface area contributed by atoms with Gasteiger partial charge in [-0.25, -0.2) is 0 Å². The number of hydrogen-bond donors (Lipinski definition) is 3. The Morgan fingerprint density at radius 2 is 2.04 bits per heavy atom. The van der Waals surface area contributed by atoms with Crippen LogP contribution < -0.4 is 10.4 Å². The molecule has 0 aromatic heterocycles. The van der Waals surface area contributed by atoms with E-state index in [4.69, 9.17) is 10.4 Å². The molecule has 1 saturated carbocycles. The van der Waals surface area contributed by atoms with E-state index < -0.39 is 12.7 Å². The second-order valence-electron chi connectivity index (χ2n) is 7.80. The molecule has 2 aliphatic rings. The Bertz CT molecular complexity index is 699. The zero-order valence-corrected chi connectivity index (χ0v) is 15.1. The van der Waals surface area contributed by atoms with E-state index in [2.05, 4.69) is 0 Å². The largest absolute Gasteiger partial charge is 0.535 e. The molecule has 1 heterocycles. The lowest BCUT2D eigenvalue weighted by Crippen LogP contribution is -2.41. The Morgan fingerprint density at radius 1 is 1.35 bits per heavy atom. The first-order chi connectivity index (χ1) is 12.3. The van der Waals surface area contributed by atoms with Crippen molar-refractivity contribution >= 4 is 18.7 Å². The highest BCUT2D eigenvalue weighted by Gasteiger charge is 2.39. The van der Waals surface area contributed by atoms with E-state index in [1.807, 2.05) is 6.07 Å². The number of Topliss-reactive ketones (excluding diaryl/α,β-unsaturated/α-hetero) is 2. The number of rotatable bonds is 5. The van der Waals surface area contributed by atoms with E-state index in [9.17, 15) is 19.7 Å². The van der Waals surface area contributed by atoms with Gasteiger partial charge in [-0.15, -0.1) is 0 Å². The van der Waals surface area contributed by atoms with Crippen LogP contribution in [0.5, 0.6) is 5.75 Å². The summed E-state index contributed by atoms with van der Waals surface area (Å²) in [5.41, 5.74) is 6.15. The summed E-state index contributed by atoms with van der Waals surface area (Å²) in [7, 11) is -1.14. The summed E-state index contributed by atoms with van der Waals surface area (Å²) in [5.74, 6) is -0.175. The standard InChI is InChI=1S/C19H26BNO5/c1-12(22)17-4-2-3-13-9-14(20(25)26-18(13)17)10-16(23)11-19(24)7-5-15(21)6-8-19/h2-4,14-15,24-25H,5-11,21H2,1H3/t14-,15?,19?/m1/s1. The Labute approximate surface area is 153 Å². The van der Waals surface area contributed by atoms with Crippen LogP contribution >= 0.6 is 0 Å². The van der Waals surface area contributed by atoms with Crippen LogP contribution in [0.2, 0.25) is 5.82 Å². The highest BCUT2D eigenvalue weighted by Crippen LogP contribution is 2.38. The number of para-hydroxylation sites is 1. The summed E-state index contributed by atoms with van der Waals surface area (Å²) >= 11 is 0. The average Bonchev–Trinajstić information content (AvgIpc) is 2.57. The van der Waals surface area contributed by atoms with E-state index in [0.717, 1.165) is 18.4 Å². The van der Waals surface area contributed by atoms with Gasteiger partial charge < -0.3 is 20.5 Å². The fourth-order valence-electron chi connectivity index (χ4n) is 4.02. The van der Waals surface area contributed by atoms with Crippen LogP contribution in [0.25, 0.3) is 0 Å². The summed E-state index contributed by atoms with van der Waals surface area (Å²) in [5, 5.41) is 20.9. The molecule has 1 aromatic rings. The predicted molar refractivity (Wildman–Crippen MR) is 98.1 cm³/mol. The number of nitrogens with two attached hydrogens (primary N) is 1. The van der Waals surface area contributed by atoms with Crippen LogP contribution in [0.1, 0.15) is 61.4 Å². The lowest BCUT2D eigenvalue weighted by molar-refractivity contribution is -0.125. The average molecular weight is 359 g/mol. The SMILES string of the molecule is CC(=O)c1cccc2c1OB(O)[C@@H](CC(=O)CC1(O)CCC(N)CC1)C2. The molecule has 0 radical (unpaired) electrons. The molecule has 7 heteroatoms. The van der Waals surface area contributed by atoms with Gasteiger partial charge >= 0.3 is 7.12 Å². The van der Waals surface area contributed by atoms with Gasteiger partial charge in [-0.2, -0.15) is 0 Å². The van der Waals surface area contributed by atoms with Gasteiger partial charge in [0.2, 0.25) is 0 Å². The van der Waals surface area contributed by atoms with Crippen LogP contribution in [0.4, 0.5) is 0 Å². The lowest BCUT2D eigenvalue weighted by atomic mass is 9.63. The minimum atomic E-state index is -1.14. The molecule has 6 nitrogen and oxygen atoms in total. The normalized spacial score (nSPS) is 28.2. The van der Waals surface area contributed by atoms with Gasteiger partial charge in [0.25, 0.3) is 0 Å². The molecular weight excluding hydrogens is 333 g/mol. The quantitative estimate of drug-likeness (QED) is 0.545. The van der Waals surface area contributed by atoms with Crippen molar-refractivity contribution in [3.8, 4) is 5.75 Å². The highest BCUT2D eigenvalue weighted by atomic mass is 16.5. The Balaban J connectivity index is 1.65. The van der Waals surface area contributed by atoms with Crippen LogP contribution in [0, 0.1) is 0 Å². The third kappa shape index (κ3) is 4.16. The van der Waals surface area contributed by atoms with Crippen molar-refractivity contribution in [2.24, 2.45) is 5.73 Å². The van der Waals surface area contributed by atoms with Gasteiger partial charge in [0, 0.05) is 24.7 Å². The second kappa shape index (κ2) is 7.51. The van der Waals surface area contributed by atoms with E-state index in [-0.39, 0.29) is 36.3 Å². The van der Waals surface area contributed by atoms with E-state index in [1.165, 1.54) is 6.92 Å². The van der Waals surface area contributed by atoms with Crippen molar-refractivity contribution in [1.29, 1.82) is 0 Å². The van der Waals surface area contributed by atoms with Crippen molar-refractivity contribution in [3.05, 3.63) is 29.3 Å². The maximum absolute atomic E-state index is 12.5. The van der Waals surface area contributed by atoms with Crippen molar-refractivity contribution < 1.29 is 24.4 Å². The van der Waals surface area contributed by atoms with E-state index in [1.54, 1.807) is 12.1 Å². The highest BCUT2D eigenvalue weighted by molar-refractivity contribution is 6.47. The van der Waals surface area contributed by atoms with Gasteiger partial charge in [-0.05, 0) is 50.7 Å². The number of hydrogen-bond acceptors (Lipinski definition) is 6. The molecule has 1 aromatic carbocycles. The van der Waals surface area contributed by atoms with Crippen LogP contribution in [-0.2, 0) is 11.2 Å². The Morgan fingerprint density at radius 3 is 2.69 bits per heavy atom. The monoisotopic (exact) mass is 359 g/mol. The smallest absolute Gasteiger partial charge is 0.526 e. The number of carbonyl (C=O) groups is 2. The number of aliphatic hydroxyl groups is 1. The van der Waals surface area contributed by atoms with E-state index >= 15 is 0 Å². The fourth-order valence-corrected chi connectivity index (χ4v) is 4.02. The molecule has 0 amide bonds. The molecule has 1 aliphatic carbocycles. The molecule has 1 aliphatic heterocycles. The summed E-state index contributed by atoms with van der Waals surface area (Å²) < 4.78 is 5.57. The zero-order valence-electron chi connectivity index (χ0n) is 15.1. The summed E-state index contributed by atoms with van der Waals surface area (Å²) in [4.78, 5) is 24.2. The van der Waals surface area contributed by atoms with Crippen molar-refractivity contribution in [2.45, 2.75) is 69.3 Å². The molecule has 4 N–H and O–H groups in total. The lowest BCUT2D eigenvalue weighted by Gasteiger charge is -2.35. The molecule has 1 atom stereocenters. The number of ketones is 2. The molecule has 0 bridgehead atoms. The molecule has 3 rings (SSSR count). The molecule has 140 valence electrons. The fraction of sp³-hybridized carbons (Fsp3) is 0.579. The molecule has 1 fully saturated rings. The number of fused-ring (bicyclic) bond motifs is 1. The van der Waals surface area contributed by atoms with Gasteiger partial charge in [-0.1, -0.05) is 12.1 Å².